The van der Waals surface area contributed by atoms with Crippen LogP contribution in [0.1, 0.15) is 0 Å². The Morgan fingerprint density at radius 2 is 2.30 bits per heavy atom. The van der Waals surface area contributed by atoms with Crippen LogP contribution in [0.15, 0.2) is 12.7 Å². The van der Waals surface area contributed by atoms with Crippen molar-refractivity contribution in [2.24, 2.45) is 0 Å². The third-order valence-corrected chi connectivity index (χ3v) is 0.976. The van der Waals surface area contributed by atoms with Crippen molar-refractivity contribution in [1.29, 1.82) is 0 Å². The van der Waals surface area contributed by atoms with Crippen molar-refractivity contribution in [2.75, 3.05) is 19.0 Å². The smallest absolute Gasteiger partial charge is 0.315 e. The number of nitrogens with one attached hydrogen (secondary N) is 2. The number of alkyl halides is 1. The Labute approximate surface area is 65.4 Å². The predicted molar refractivity (Wildman–Crippen MR) is 42.3 cm³/mol. The van der Waals surface area contributed by atoms with Crippen LogP contribution in [0.2, 0.25) is 0 Å². The predicted octanol–water partition coefficient (Wildman–Crippen LogP) is 0.710. The summed E-state index contributed by atoms with van der Waals surface area (Å²) in [6.45, 7) is 4.42. The molecular weight excluding hydrogens is 152 g/mol. The van der Waals surface area contributed by atoms with Gasteiger partial charge in [-0.3, -0.25) is 0 Å². The molecule has 0 aliphatic rings. The largest absolute Gasteiger partial charge is 0.337 e. The van der Waals surface area contributed by atoms with E-state index in [2.05, 4.69) is 17.2 Å². The highest BCUT2D eigenvalue weighted by atomic mass is 35.5. The van der Waals surface area contributed by atoms with Crippen LogP contribution in [0.25, 0.3) is 0 Å². The van der Waals surface area contributed by atoms with Gasteiger partial charge in [-0.05, 0) is 0 Å². The van der Waals surface area contributed by atoms with Gasteiger partial charge in [-0.1, -0.05) is 6.08 Å². The first-order chi connectivity index (χ1) is 4.81. The highest BCUT2D eigenvalue weighted by Gasteiger charge is 1.93. The van der Waals surface area contributed by atoms with Crippen LogP contribution in [0, 0.1) is 0 Å². The minimum Gasteiger partial charge on any atom is -0.337 e. The first-order valence-electron chi connectivity index (χ1n) is 2.99. The fourth-order valence-corrected chi connectivity index (χ4v) is 0.483. The van der Waals surface area contributed by atoms with Gasteiger partial charge in [0, 0.05) is 19.0 Å². The summed E-state index contributed by atoms with van der Waals surface area (Å²) < 4.78 is 0. The van der Waals surface area contributed by atoms with Crippen LogP contribution in [0.5, 0.6) is 0 Å². The summed E-state index contributed by atoms with van der Waals surface area (Å²) in [4.78, 5) is 10.6. The molecule has 58 valence electrons. The highest BCUT2D eigenvalue weighted by Crippen LogP contribution is 1.70. The van der Waals surface area contributed by atoms with Gasteiger partial charge in [-0.2, -0.15) is 0 Å². The molecule has 0 bridgehead atoms. The number of carbonyl (C=O) groups excluding carboxylic acids is 1. The third-order valence-electron chi connectivity index (χ3n) is 0.787. The van der Waals surface area contributed by atoms with E-state index in [4.69, 9.17) is 11.6 Å². The van der Waals surface area contributed by atoms with E-state index < -0.39 is 0 Å². The van der Waals surface area contributed by atoms with E-state index in [9.17, 15) is 4.79 Å². The van der Waals surface area contributed by atoms with E-state index in [0.29, 0.717) is 19.0 Å². The van der Waals surface area contributed by atoms with E-state index in [1.54, 1.807) is 6.08 Å². The number of urea groups is 1. The summed E-state index contributed by atoms with van der Waals surface area (Å²) >= 11 is 5.32. The second-order valence-corrected chi connectivity index (χ2v) is 1.99. The van der Waals surface area contributed by atoms with Gasteiger partial charge < -0.3 is 10.6 Å². The van der Waals surface area contributed by atoms with Crippen LogP contribution in [-0.4, -0.2) is 25.0 Å². The molecule has 0 atom stereocenters. The zero-order valence-electron chi connectivity index (χ0n) is 5.69. The maximum absolute atomic E-state index is 10.6. The standard InChI is InChI=1S/C6H11ClN2O/c1-2-4-8-6(10)9-5-3-7/h2H,1,3-5H2,(H2,8,9,10). The van der Waals surface area contributed by atoms with Crippen molar-refractivity contribution in [3.05, 3.63) is 12.7 Å². The van der Waals surface area contributed by atoms with E-state index in [1.807, 2.05) is 0 Å². The lowest BCUT2D eigenvalue weighted by molar-refractivity contribution is 0.242. The SMILES string of the molecule is C=CCNC(=O)NCCCl. The zero-order valence-corrected chi connectivity index (χ0v) is 6.45. The molecular formula is C6H11ClN2O. The van der Waals surface area contributed by atoms with E-state index in [1.165, 1.54) is 0 Å². The van der Waals surface area contributed by atoms with Crippen LogP contribution < -0.4 is 10.6 Å². The quantitative estimate of drug-likeness (QED) is 0.464. The second kappa shape index (κ2) is 6.42. The lowest BCUT2D eigenvalue weighted by Crippen LogP contribution is -2.36. The molecule has 0 rings (SSSR count). The molecule has 0 aromatic heterocycles. The summed E-state index contributed by atoms with van der Waals surface area (Å²) in [6, 6.07) is -0.208. The molecule has 0 aliphatic carbocycles. The van der Waals surface area contributed by atoms with Gasteiger partial charge in [0.1, 0.15) is 0 Å². The number of amides is 2. The fraction of sp³-hybridized carbons (Fsp3) is 0.500. The van der Waals surface area contributed by atoms with Crippen LogP contribution >= 0.6 is 11.6 Å². The molecule has 0 aromatic rings. The summed E-state index contributed by atoms with van der Waals surface area (Å²) in [6.07, 6.45) is 1.61. The van der Waals surface area contributed by atoms with Crippen molar-refractivity contribution in [3.8, 4) is 0 Å². The number of halogens is 1. The topological polar surface area (TPSA) is 41.1 Å². The molecule has 2 N–H and O–H groups in total. The normalized spacial score (nSPS) is 8.50. The van der Waals surface area contributed by atoms with Crippen molar-refractivity contribution in [1.82, 2.24) is 10.6 Å². The first-order valence-corrected chi connectivity index (χ1v) is 3.53. The molecule has 0 saturated heterocycles. The molecule has 0 unspecified atom stereocenters. The second-order valence-electron chi connectivity index (χ2n) is 1.61. The molecule has 0 spiro atoms. The van der Waals surface area contributed by atoms with Crippen LogP contribution in [0.4, 0.5) is 4.79 Å². The van der Waals surface area contributed by atoms with Gasteiger partial charge >= 0.3 is 6.03 Å². The van der Waals surface area contributed by atoms with E-state index in [-0.39, 0.29) is 6.03 Å². The van der Waals surface area contributed by atoms with E-state index in [0.717, 1.165) is 0 Å². The Balaban J connectivity index is 3.16. The molecule has 2 amide bonds. The van der Waals surface area contributed by atoms with Crippen LogP contribution in [0.3, 0.4) is 0 Å². The third kappa shape index (κ3) is 5.44. The molecule has 0 heterocycles. The molecule has 3 nitrogen and oxygen atoms in total. The Kier molecular flexibility index (Phi) is 5.97. The highest BCUT2D eigenvalue weighted by molar-refractivity contribution is 6.18. The fourth-order valence-electron chi connectivity index (χ4n) is 0.388. The maximum atomic E-state index is 10.6. The molecule has 0 aromatic carbocycles. The van der Waals surface area contributed by atoms with Gasteiger partial charge in [-0.15, -0.1) is 18.2 Å². The molecule has 0 fully saturated rings. The number of carbonyl (C=O) groups is 1. The Bertz CT molecular complexity index is 116. The summed E-state index contributed by atoms with van der Waals surface area (Å²) in [5, 5.41) is 5.08. The maximum Gasteiger partial charge on any atom is 0.315 e. The Morgan fingerprint density at radius 3 is 2.80 bits per heavy atom. The lowest BCUT2D eigenvalue weighted by atomic mass is 10.6. The minimum atomic E-state index is -0.208. The molecule has 0 saturated carbocycles. The number of hydrogen-bond donors (Lipinski definition) is 2. The molecule has 0 radical (unpaired) electrons. The van der Waals surface area contributed by atoms with Crippen LogP contribution in [-0.2, 0) is 0 Å². The van der Waals surface area contributed by atoms with Gasteiger partial charge in [0.25, 0.3) is 0 Å². The van der Waals surface area contributed by atoms with Gasteiger partial charge in [0.05, 0.1) is 0 Å². The molecule has 4 heteroatoms. The van der Waals surface area contributed by atoms with Crippen molar-refractivity contribution >= 4 is 17.6 Å². The van der Waals surface area contributed by atoms with Crippen molar-refractivity contribution in [3.63, 3.8) is 0 Å². The van der Waals surface area contributed by atoms with Gasteiger partial charge in [0.2, 0.25) is 0 Å². The average Bonchev–Trinajstić information content (AvgIpc) is 1.97. The summed E-state index contributed by atoms with van der Waals surface area (Å²) in [5.41, 5.74) is 0. The monoisotopic (exact) mass is 162 g/mol. The van der Waals surface area contributed by atoms with E-state index >= 15 is 0 Å². The Hall–Kier alpha value is -0.700. The Morgan fingerprint density at radius 1 is 1.60 bits per heavy atom. The number of rotatable bonds is 4. The molecule has 0 aliphatic heterocycles. The first kappa shape index (κ1) is 9.30. The van der Waals surface area contributed by atoms with Gasteiger partial charge in [-0.25, -0.2) is 4.79 Å². The lowest BCUT2D eigenvalue weighted by Gasteiger charge is -2.01. The minimum absolute atomic E-state index is 0.208. The van der Waals surface area contributed by atoms with Crippen molar-refractivity contribution in [2.45, 2.75) is 0 Å². The summed E-state index contributed by atoms with van der Waals surface area (Å²) in [7, 11) is 0. The number of hydrogen-bond acceptors (Lipinski definition) is 1. The summed E-state index contributed by atoms with van der Waals surface area (Å²) in [5.74, 6) is 0.432. The van der Waals surface area contributed by atoms with Crippen molar-refractivity contribution < 1.29 is 4.79 Å². The van der Waals surface area contributed by atoms with Gasteiger partial charge in [0.15, 0.2) is 0 Å². The average molecular weight is 163 g/mol. The molecule has 10 heavy (non-hydrogen) atoms. The zero-order chi connectivity index (χ0) is 7.82.